The number of furan rings is 1. The number of nitrogens with one attached hydrogen (secondary N) is 2. The normalized spacial score (nSPS) is 28.4. The number of nitrogens with zero attached hydrogens (tertiary/aromatic N) is 2. The van der Waals surface area contributed by atoms with E-state index in [1.165, 1.54) is 4.90 Å². The number of hydrogen-bond acceptors (Lipinski definition) is 4. The second kappa shape index (κ2) is 7.45. The minimum atomic E-state index is -0.105. The molecular formula is C21H28N4O3. The zero-order valence-electron chi connectivity index (χ0n) is 16.7. The van der Waals surface area contributed by atoms with Gasteiger partial charge in [-0.15, -0.1) is 0 Å². The molecule has 2 aliphatic carbocycles. The van der Waals surface area contributed by atoms with E-state index in [0.717, 1.165) is 23.5 Å². The third kappa shape index (κ3) is 3.23. The maximum absolute atomic E-state index is 12.7. The summed E-state index contributed by atoms with van der Waals surface area (Å²) in [6.07, 6.45) is 5.92. The Morgan fingerprint density at radius 1 is 1.18 bits per heavy atom. The average Bonchev–Trinajstić information content (AvgIpc) is 3.41. The Morgan fingerprint density at radius 3 is 2.43 bits per heavy atom. The lowest BCUT2D eigenvalue weighted by Crippen LogP contribution is -2.39. The first kappa shape index (κ1) is 18.8. The van der Waals surface area contributed by atoms with E-state index in [2.05, 4.69) is 27.8 Å². The first-order valence-electron chi connectivity index (χ1n) is 10.0. The van der Waals surface area contributed by atoms with E-state index in [9.17, 15) is 9.59 Å². The fourth-order valence-electron chi connectivity index (χ4n) is 4.89. The summed E-state index contributed by atoms with van der Waals surface area (Å²) >= 11 is 0. The Labute approximate surface area is 165 Å². The van der Waals surface area contributed by atoms with Crippen LogP contribution < -0.4 is 10.6 Å². The minimum absolute atomic E-state index is 0.0279. The third-order valence-electron chi connectivity index (χ3n) is 6.23. The van der Waals surface area contributed by atoms with Gasteiger partial charge in [-0.2, -0.15) is 0 Å². The van der Waals surface area contributed by atoms with E-state index in [1.54, 1.807) is 7.05 Å². The zero-order chi connectivity index (χ0) is 19.8. The number of aliphatic imine (C=N–C) groups is 1. The molecule has 4 rings (SSSR count). The number of imide groups is 1. The number of guanidine groups is 1. The van der Waals surface area contributed by atoms with Crippen LogP contribution in [0.4, 0.5) is 0 Å². The zero-order valence-corrected chi connectivity index (χ0v) is 16.7. The van der Waals surface area contributed by atoms with Crippen LogP contribution in [0.15, 0.2) is 27.6 Å². The number of rotatable bonds is 6. The van der Waals surface area contributed by atoms with Gasteiger partial charge >= 0.3 is 0 Å². The number of fused-ring (bicyclic) bond motifs is 5. The fourth-order valence-corrected chi connectivity index (χ4v) is 4.89. The summed E-state index contributed by atoms with van der Waals surface area (Å²) in [6.45, 7) is 5.61. The summed E-state index contributed by atoms with van der Waals surface area (Å²) in [6, 6.07) is 2.01. The summed E-state index contributed by atoms with van der Waals surface area (Å²) in [5.74, 6) is 2.88. The van der Waals surface area contributed by atoms with E-state index < -0.39 is 0 Å². The van der Waals surface area contributed by atoms with Crippen LogP contribution in [0.5, 0.6) is 0 Å². The van der Waals surface area contributed by atoms with Crippen LogP contribution in [0.1, 0.15) is 29.9 Å². The van der Waals surface area contributed by atoms with Crippen LogP contribution >= 0.6 is 0 Å². The predicted molar refractivity (Wildman–Crippen MR) is 105 cm³/mol. The fraction of sp³-hybridized carbons (Fsp3) is 0.571. The molecule has 1 saturated heterocycles. The molecule has 2 N–H and O–H groups in total. The van der Waals surface area contributed by atoms with Gasteiger partial charge < -0.3 is 15.1 Å². The summed E-state index contributed by atoms with van der Waals surface area (Å²) in [4.78, 5) is 31.0. The van der Waals surface area contributed by atoms with Crippen molar-refractivity contribution in [2.45, 2.75) is 33.2 Å². The van der Waals surface area contributed by atoms with Gasteiger partial charge in [0.1, 0.15) is 11.5 Å². The summed E-state index contributed by atoms with van der Waals surface area (Å²) in [7, 11) is 1.72. The Kier molecular flexibility index (Phi) is 5.00. The molecule has 2 heterocycles. The first-order valence-corrected chi connectivity index (χ1v) is 10.0. The van der Waals surface area contributed by atoms with E-state index >= 15 is 0 Å². The molecule has 1 saturated carbocycles. The molecule has 2 fully saturated rings. The van der Waals surface area contributed by atoms with Gasteiger partial charge in [-0.05, 0) is 44.6 Å². The molecule has 2 amide bonds. The molecule has 3 aliphatic rings. The molecule has 28 heavy (non-hydrogen) atoms. The molecular weight excluding hydrogens is 356 g/mol. The lowest BCUT2D eigenvalue weighted by molar-refractivity contribution is -0.140. The van der Waals surface area contributed by atoms with Crippen LogP contribution in [0.2, 0.25) is 0 Å². The molecule has 1 aromatic rings. The van der Waals surface area contributed by atoms with Crippen molar-refractivity contribution >= 4 is 17.8 Å². The topological polar surface area (TPSA) is 86.9 Å². The number of allylic oxidation sites excluding steroid dienone is 2. The lowest BCUT2D eigenvalue weighted by Gasteiger charge is -2.18. The predicted octanol–water partition coefficient (Wildman–Crippen LogP) is 1.76. The minimum Gasteiger partial charge on any atom is -0.466 e. The molecule has 0 aromatic carbocycles. The van der Waals surface area contributed by atoms with Gasteiger partial charge in [0.25, 0.3) is 0 Å². The van der Waals surface area contributed by atoms with E-state index in [-0.39, 0.29) is 35.5 Å². The molecule has 0 spiro atoms. The number of aryl methyl sites for hydroxylation is 2. The van der Waals surface area contributed by atoms with Crippen molar-refractivity contribution in [2.24, 2.45) is 28.7 Å². The highest BCUT2D eigenvalue weighted by atomic mass is 16.3. The molecule has 150 valence electrons. The van der Waals surface area contributed by atoms with Crippen LogP contribution in [0.25, 0.3) is 0 Å². The van der Waals surface area contributed by atoms with Gasteiger partial charge in [-0.3, -0.25) is 19.5 Å². The number of carbonyl (C=O) groups is 2. The number of carbonyl (C=O) groups excluding carboxylic acids is 2. The highest BCUT2D eigenvalue weighted by molar-refractivity contribution is 6.06. The average molecular weight is 384 g/mol. The molecule has 7 heteroatoms. The number of hydrogen-bond donors (Lipinski definition) is 2. The monoisotopic (exact) mass is 384 g/mol. The summed E-state index contributed by atoms with van der Waals surface area (Å²) < 4.78 is 5.53. The molecule has 7 nitrogen and oxygen atoms in total. The molecule has 4 unspecified atom stereocenters. The van der Waals surface area contributed by atoms with Gasteiger partial charge in [0.05, 0.1) is 11.8 Å². The number of likely N-dealkylation sites (tertiary alicyclic amines) is 1. The van der Waals surface area contributed by atoms with Crippen molar-refractivity contribution in [3.63, 3.8) is 0 Å². The van der Waals surface area contributed by atoms with E-state index in [1.807, 2.05) is 19.9 Å². The maximum Gasteiger partial charge on any atom is 0.233 e. The Hall–Kier alpha value is -2.57. The standard InChI is InChI=1S/C21H28N4O3/c1-12-9-16(13(2)28-12)11-24-21(22-3)23-7-4-8-25-19(26)17-14-5-6-15(10-14)18(17)20(25)27/h5-6,9,14-15,17-18H,4,7-8,10-11H2,1-3H3,(H2,22,23,24). The Morgan fingerprint density at radius 2 is 1.86 bits per heavy atom. The highest BCUT2D eigenvalue weighted by Gasteiger charge is 2.58. The molecule has 2 bridgehead atoms. The quantitative estimate of drug-likeness (QED) is 0.257. The van der Waals surface area contributed by atoms with Crippen LogP contribution in [-0.2, 0) is 16.1 Å². The largest absolute Gasteiger partial charge is 0.466 e. The highest BCUT2D eigenvalue weighted by Crippen LogP contribution is 2.52. The third-order valence-corrected chi connectivity index (χ3v) is 6.23. The van der Waals surface area contributed by atoms with E-state index in [0.29, 0.717) is 32.0 Å². The molecule has 1 aliphatic heterocycles. The van der Waals surface area contributed by atoms with Gasteiger partial charge in [-0.1, -0.05) is 12.2 Å². The van der Waals surface area contributed by atoms with Gasteiger partial charge in [0, 0.05) is 32.2 Å². The summed E-state index contributed by atoms with van der Waals surface area (Å²) in [5, 5.41) is 6.51. The maximum atomic E-state index is 12.7. The van der Waals surface area contributed by atoms with E-state index in [4.69, 9.17) is 4.42 Å². The van der Waals surface area contributed by atoms with Gasteiger partial charge in [0.2, 0.25) is 11.8 Å². The summed E-state index contributed by atoms with van der Waals surface area (Å²) in [5.41, 5.74) is 1.10. The molecule has 0 radical (unpaired) electrons. The van der Waals surface area contributed by atoms with Crippen molar-refractivity contribution in [3.8, 4) is 0 Å². The second-order valence-electron chi connectivity index (χ2n) is 7.97. The molecule has 4 atom stereocenters. The first-order chi connectivity index (χ1) is 13.5. The van der Waals surface area contributed by atoms with Crippen LogP contribution in [0.3, 0.4) is 0 Å². The second-order valence-corrected chi connectivity index (χ2v) is 7.97. The van der Waals surface area contributed by atoms with Crippen LogP contribution in [0, 0.1) is 37.5 Å². The van der Waals surface area contributed by atoms with Crippen molar-refractivity contribution < 1.29 is 14.0 Å². The van der Waals surface area contributed by atoms with Crippen molar-refractivity contribution in [1.29, 1.82) is 0 Å². The number of amides is 2. The Balaban J connectivity index is 1.22. The lowest BCUT2D eigenvalue weighted by atomic mass is 9.85. The molecule has 1 aromatic heterocycles. The van der Waals surface area contributed by atoms with Crippen molar-refractivity contribution in [2.75, 3.05) is 20.1 Å². The van der Waals surface area contributed by atoms with Crippen LogP contribution in [-0.4, -0.2) is 42.8 Å². The van der Waals surface area contributed by atoms with Crippen molar-refractivity contribution in [1.82, 2.24) is 15.5 Å². The SMILES string of the molecule is CN=C(NCCCN1C(=O)C2C3C=CC(C3)C2C1=O)NCc1cc(C)oc1C. The van der Waals surface area contributed by atoms with Gasteiger partial charge in [0.15, 0.2) is 5.96 Å². The Bertz CT molecular complexity index is 811. The van der Waals surface area contributed by atoms with Gasteiger partial charge in [-0.25, -0.2) is 0 Å². The van der Waals surface area contributed by atoms with Crippen molar-refractivity contribution in [3.05, 3.63) is 35.3 Å². The smallest absolute Gasteiger partial charge is 0.233 e.